The Morgan fingerprint density at radius 1 is 1.50 bits per heavy atom. The van der Waals surface area contributed by atoms with Crippen molar-refractivity contribution in [1.82, 2.24) is 4.72 Å². The van der Waals surface area contributed by atoms with E-state index < -0.39 is 22.1 Å². The molecular weight excluding hydrogens is 310 g/mol. The highest BCUT2D eigenvalue weighted by molar-refractivity contribution is 7.89. The Morgan fingerprint density at radius 2 is 2.15 bits per heavy atom. The fraction of sp³-hybridized carbons (Fsp3) is 0.364. The van der Waals surface area contributed by atoms with Crippen LogP contribution in [0.2, 0.25) is 5.02 Å². The van der Waals surface area contributed by atoms with Crippen LogP contribution in [-0.4, -0.2) is 51.0 Å². The topological polar surface area (TPSA) is 113 Å². The summed E-state index contributed by atoms with van der Waals surface area (Å²) in [5.74, 6) is -1.33. The van der Waals surface area contributed by atoms with Gasteiger partial charge < -0.3 is 14.9 Å². The first kappa shape index (κ1) is 16.9. The van der Waals surface area contributed by atoms with E-state index in [1.165, 1.54) is 19.2 Å². The van der Waals surface area contributed by atoms with E-state index in [0.717, 1.165) is 6.07 Å². The molecule has 0 bridgehead atoms. The first-order chi connectivity index (χ1) is 9.27. The summed E-state index contributed by atoms with van der Waals surface area (Å²) < 4.78 is 30.7. The van der Waals surface area contributed by atoms with E-state index >= 15 is 0 Å². The van der Waals surface area contributed by atoms with Crippen LogP contribution in [-0.2, 0) is 14.8 Å². The highest BCUT2D eigenvalue weighted by Gasteiger charge is 2.19. The lowest BCUT2D eigenvalue weighted by atomic mass is 10.2. The van der Waals surface area contributed by atoms with Gasteiger partial charge in [-0.2, -0.15) is 0 Å². The number of benzene rings is 1. The van der Waals surface area contributed by atoms with Crippen molar-refractivity contribution < 1.29 is 28.2 Å². The quantitative estimate of drug-likeness (QED) is 0.666. The van der Waals surface area contributed by atoms with E-state index in [9.17, 15) is 18.3 Å². The Hall–Kier alpha value is -1.19. The number of carboxylic acids is 1. The van der Waals surface area contributed by atoms with E-state index in [0.29, 0.717) is 0 Å². The molecule has 0 aliphatic rings. The van der Waals surface area contributed by atoms with Gasteiger partial charge >= 0.3 is 5.97 Å². The van der Waals surface area contributed by atoms with Crippen LogP contribution >= 0.6 is 11.6 Å². The number of methoxy groups -OCH3 is 1. The molecule has 112 valence electrons. The normalized spacial score (nSPS) is 13.2. The SMILES string of the molecule is COCC(O)CNS(=O)(=O)c1ccc(Cl)c(C(=O)O)c1. The van der Waals surface area contributed by atoms with Gasteiger partial charge in [-0.15, -0.1) is 0 Å². The molecule has 0 saturated heterocycles. The van der Waals surface area contributed by atoms with Crippen LogP contribution in [0.1, 0.15) is 10.4 Å². The second-order valence-electron chi connectivity index (χ2n) is 3.91. The van der Waals surface area contributed by atoms with Crippen molar-refractivity contribution in [2.24, 2.45) is 0 Å². The van der Waals surface area contributed by atoms with Crippen LogP contribution in [0.5, 0.6) is 0 Å². The van der Waals surface area contributed by atoms with Crippen LogP contribution in [0.25, 0.3) is 0 Å². The molecule has 0 aromatic heterocycles. The van der Waals surface area contributed by atoms with Gasteiger partial charge in [-0.25, -0.2) is 17.9 Å². The molecule has 9 heteroatoms. The fourth-order valence-corrected chi connectivity index (χ4v) is 2.67. The van der Waals surface area contributed by atoms with Crippen molar-refractivity contribution in [3.63, 3.8) is 0 Å². The third-order valence-electron chi connectivity index (χ3n) is 2.35. The summed E-state index contributed by atoms with van der Waals surface area (Å²) in [7, 11) is -2.56. The number of aromatic carboxylic acids is 1. The van der Waals surface area contributed by atoms with Crippen LogP contribution in [0, 0.1) is 0 Å². The minimum absolute atomic E-state index is 0.0243. The third kappa shape index (κ3) is 4.43. The second-order valence-corrected chi connectivity index (χ2v) is 6.08. The molecule has 3 N–H and O–H groups in total. The Labute approximate surface area is 121 Å². The standard InChI is InChI=1S/C11H14ClNO6S/c1-19-6-7(14)5-13-20(17,18)8-2-3-10(12)9(4-8)11(15)16/h2-4,7,13-14H,5-6H2,1H3,(H,15,16). The third-order valence-corrected chi connectivity index (χ3v) is 4.10. The summed E-state index contributed by atoms with van der Waals surface area (Å²) >= 11 is 5.66. The zero-order valence-corrected chi connectivity index (χ0v) is 12.1. The van der Waals surface area contributed by atoms with Gasteiger partial charge in [0.25, 0.3) is 0 Å². The van der Waals surface area contributed by atoms with Gasteiger partial charge in [0.05, 0.1) is 28.2 Å². The van der Waals surface area contributed by atoms with Crippen LogP contribution in [0.4, 0.5) is 0 Å². The van der Waals surface area contributed by atoms with Crippen molar-refractivity contribution in [2.45, 2.75) is 11.0 Å². The summed E-state index contributed by atoms with van der Waals surface area (Å²) in [6, 6.07) is 3.32. The van der Waals surface area contributed by atoms with Crippen molar-refractivity contribution in [2.75, 3.05) is 20.3 Å². The number of hydrogen-bond acceptors (Lipinski definition) is 5. The molecule has 0 heterocycles. The number of carboxylic acid groups (broad SMARTS) is 1. The Kier molecular flexibility index (Phi) is 5.90. The van der Waals surface area contributed by atoms with E-state index in [4.69, 9.17) is 16.7 Å². The predicted molar refractivity (Wildman–Crippen MR) is 71.5 cm³/mol. The lowest BCUT2D eigenvalue weighted by Crippen LogP contribution is -2.34. The molecule has 20 heavy (non-hydrogen) atoms. The highest BCUT2D eigenvalue weighted by Crippen LogP contribution is 2.20. The van der Waals surface area contributed by atoms with Crippen molar-refractivity contribution >= 4 is 27.6 Å². The van der Waals surface area contributed by atoms with Crippen LogP contribution < -0.4 is 4.72 Å². The molecule has 7 nitrogen and oxygen atoms in total. The molecular formula is C11H14ClNO6S. The van der Waals surface area contributed by atoms with Crippen LogP contribution in [0.15, 0.2) is 23.1 Å². The molecule has 0 radical (unpaired) electrons. The average molecular weight is 324 g/mol. The second kappa shape index (κ2) is 7.00. The molecule has 1 atom stereocenters. The van der Waals surface area contributed by atoms with Crippen molar-refractivity contribution in [3.05, 3.63) is 28.8 Å². The predicted octanol–water partition coefficient (Wildman–Crippen LogP) is 0.324. The van der Waals surface area contributed by atoms with Crippen LogP contribution in [0.3, 0.4) is 0 Å². The Morgan fingerprint density at radius 3 is 2.70 bits per heavy atom. The van der Waals surface area contributed by atoms with Gasteiger partial charge in [0, 0.05) is 13.7 Å². The number of hydrogen-bond donors (Lipinski definition) is 3. The number of nitrogens with one attached hydrogen (secondary N) is 1. The maximum atomic E-state index is 11.9. The van der Waals surface area contributed by atoms with E-state index in [1.807, 2.05) is 0 Å². The minimum atomic E-state index is -3.93. The van der Waals surface area contributed by atoms with Crippen molar-refractivity contribution in [3.8, 4) is 0 Å². The first-order valence-electron chi connectivity index (χ1n) is 5.47. The highest BCUT2D eigenvalue weighted by atomic mass is 35.5. The van der Waals surface area contributed by atoms with Gasteiger partial charge in [-0.05, 0) is 18.2 Å². The largest absolute Gasteiger partial charge is 0.478 e. The first-order valence-corrected chi connectivity index (χ1v) is 7.33. The monoisotopic (exact) mass is 323 g/mol. The summed E-state index contributed by atoms with van der Waals surface area (Å²) in [4.78, 5) is 10.6. The number of rotatable bonds is 7. The number of halogens is 1. The van der Waals surface area contributed by atoms with Gasteiger partial charge in [0.2, 0.25) is 10.0 Å². The fourth-order valence-electron chi connectivity index (χ4n) is 1.38. The lowest BCUT2D eigenvalue weighted by Gasteiger charge is -2.12. The molecule has 1 aromatic rings. The molecule has 0 amide bonds. The molecule has 0 spiro atoms. The molecule has 0 fully saturated rings. The van der Waals surface area contributed by atoms with Gasteiger partial charge in [0.15, 0.2) is 0 Å². The summed E-state index contributed by atoms with van der Waals surface area (Å²) in [6.07, 6.45) is -0.999. The Bertz CT molecular complexity index is 589. The molecule has 1 rings (SSSR count). The number of aliphatic hydroxyl groups is 1. The maximum absolute atomic E-state index is 11.9. The average Bonchev–Trinajstić information content (AvgIpc) is 2.37. The van der Waals surface area contributed by atoms with Gasteiger partial charge in [-0.3, -0.25) is 0 Å². The number of ether oxygens (including phenoxy) is 1. The molecule has 0 saturated carbocycles. The molecule has 0 aliphatic carbocycles. The maximum Gasteiger partial charge on any atom is 0.337 e. The van der Waals surface area contributed by atoms with Crippen molar-refractivity contribution in [1.29, 1.82) is 0 Å². The number of sulfonamides is 1. The number of carbonyl (C=O) groups is 1. The lowest BCUT2D eigenvalue weighted by molar-refractivity contribution is 0.0678. The summed E-state index contributed by atoms with van der Waals surface area (Å²) in [5, 5.41) is 18.2. The molecule has 1 unspecified atom stereocenters. The smallest absolute Gasteiger partial charge is 0.337 e. The van der Waals surface area contributed by atoms with E-state index in [2.05, 4.69) is 9.46 Å². The summed E-state index contributed by atoms with van der Waals surface area (Å²) in [6.45, 7) is -0.273. The minimum Gasteiger partial charge on any atom is -0.478 e. The van der Waals surface area contributed by atoms with Gasteiger partial charge in [-0.1, -0.05) is 11.6 Å². The van der Waals surface area contributed by atoms with Gasteiger partial charge in [0.1, 0.15) is 0 Å². The van der Waals surface area contributed by atoms with E-state index in [1.54, 1.807) is 0 Å². The molecule has 1 aromatic carbocycles. The zero-order valence-electron chi connectivity index (χ0n) is 10.5. The van der Waals surface area contributed by atoms with E-state index in [-0.39, 0.29) is 28.6 Å². The number of aliphatic hydroxyl groups excluding tert-OH is 1. The zero-order chi connectivity index (χ0) is 15.3. The Balaban J connectivity index is 2.93. The molecule has 0 aliphatic heterocycles. The summed E-state index contributed by atoms with van der Waals surface area (Å²) in [5.41, 5.74) is -0.313.